The molecule has 3 heterocycles. The summed E-state index contributed by atoms with van der Waals surface area (Å²) in [6, 6.07) is 7.81. The van der Waals surface area contributed by atoms with Gasteiger partial charge in [-0.15, -0.1) is 0 Å². The van der Waals surface area contributed by atoms with Crippen LogP contribution in [-0.4, -0.2) is 38.7 Å². The highest BCUT2D eigenvalue weighted by atomic mass is 35.5. The normalized spacial score (nSPS) is 15.0. The maximum absolute atomic E-state index is 13.3. The Labute approximate surface area is 238 Å². The van der Waals surface area contributed by atoms with E-state index in [2.05, 4.69) is 26.8 Å². The molecule has 0 fully saturated rings. The van der Waals surface area contributed by atoms with Gasteiger partial charge in [0.15, 0.2) is 5.82 Å². The lowest BCUT2D eigenvalue weighted by molar-refractivity contribution is 0.0918. The van der Waals surface area contributed by atoms with Crippen molar-refractivity contribution in [2.75, 3.05) is 13.2 Å². The number of rotatable bonds is 7. The van der Waals surface area contributed by atoms with Crippen molar-refractivity contribution in [2.24, 2.45) is 0 Å². The molecule has 1 atom stereocenters. The number of halogens is 2. The van der Waals surface area contributed by atoms with Crippen LogP contribution < -0.4 is 10.1 Å². The van der Waals surface area contributed by atoms with Gasteiger partial charge in [0.05, 0.1) is 17.1 Å². The number of amides is 1. The molecule has 0 saturated heterocycles. The smallest absolute Gasteiger partial charge is 0.268 e. The zero-order valence-corrected chi connectivity index (χ0v) is 24.3. The molecule has 0 bridgehead atoms. The monoisotopic (exact) mass is 566 g/mol. The number of hydrogen-bond acceptors (Lipinski definition) is 5. The number of nitrogens with one attached hydrogen (secondary N) is 1. The zero-order valence-electron chi connectivity index (χ0n) is 22.8. The lowest BCUT2D eigenvalue weighted by atomic mass is 9.97. The molecule has 1 unspecified atom stereocenters. The van der Waals surface area contributed by atoms with Crippen LogP contribution in [0.15, 0.2) is 24.3 Å². The summed E-state index contributed by atoms with van der Waals surface area (Å²) in [6.45, 7) is 10.6. The van der Waals surface area contributed by atoms with Gasteiger partial charge < -0.3 is 19.7 Å². The van der Waals surface area contributed by atoms with Crippen molar-refractivity contribution < 1.29 is 14.6 Å². The Balaban J connectivity index is 1.58. The van der Waals surface area contributed by atoms with E-state index in [4.69, 9.17) is 27.9 Å². The van der Waals surface area contributed by atoms with Gasteiger partial charge in [0, 0.05) is 45.5 Å². The zero-order chi connectivity index (χ0) is 28.0. The predicted molar refractivity (Wildman–Crippen MR) is 155 cm³/mol. The van der Waals surface area contributed by atoms with Gasteiger partial charge in [0.25, 0.3) is 5.91 Å². The topological polar surface area (TPSA) is 89.3 Å². The van der Waals surface area contributed by atoms with E-state index in [-0.39, 0.29) is 18.6 Å². The van der Waals surface area contributed by atoms with Gasteiger partial charge in [0.2, 0.25) is 0 Å². The summed E-state index contributed by atoms with van der Waals surface area (Å²) in [7, 11) is 0. The summed E-state index contributed by atoms with van der Waals surface area (Å²) in [5.41, 5.74) is 7.60. The summed E-state index contributed by atoms with van der Waals surface area (Å²) in [6.07, 6.45) is 1.38. The Morgan fingerprint density at radius 1 is 1.08 bits per heavy atom. The highest BCUT2D eigenvalue weighted by Crippen LogP contribution is 2.43. The third-order valence-corrected chi connectivity index (χ3v) is 8.30. The first-order valence-electron chi connectivity index (χ1n) is 13.1. The van der Waals surface area contributed by atoms with Crippen LogP contribution in [0.3, 0.4) is 0 Å². The Morgan fingerprint density at radius 3 is 2.38 bits per heavy atom. The van der Waals surface area contributed by atoms with Crippen molar-refractivity contribution in [2.45, 2.75) is 60.1 Å². The van der Waals surface area contributed by atoms with Crippen LogP contribution in [0.2, 0.25) is 10.0 Å². The molecule has 0 radical (unpaired) electrons. The fourth-order valence-electron chi connectivity index (χ4n) is 5.69. The van der Waals surface area contributed by atoms with Crippen LogP contribution in [0.4, 0.5) is 0 Å². The molecule has 0 saturated carbocycles. The Morgan fingerprint density at radius 2 is 1.74 bits per heavy atom. The maximum atomic E-state index is 13.3. The first kappa shape index (κ1) is 27.4. The van der Waals surface area contributed by atoms with Crippen molar-refractivity contribution in [3.05, 3.63) is 73.9 Å². The molecule has 2 N–H and O–H groups in total. The van der Waals surface area contributed by atoms with Gasteiger partial charge in [-0.25, -0.2) is 9.97 Å². The highest BCUT2D eigenvalue weighted by Gasteiger charge is 2.32. The molecular formula is C30H32Cl2N4O3. The average Bonchev–Trinajstić information content (AvgIpc) is 3.23. The number of fused-ring (bicyclic) bond motifs is 3. The molecule has 1 amide bonds. The van der Waals surface area contributed by atoms with Crippen LogP contribution in [0, 0.1) is 27.7 Å². The summed E-state index contributed by atoms with van der Waals surface area (Å²) < 4.78 is 8.19. The minimum Gasteiger partial charge on any atom is -0.494 e. The SMILES string of the molecule is Cc1cc(OCCCc2c3n(c4c(-c5c(C)nc(CO)nc5C)c(Cl)ccc24)C(C)CNC3=O)cc(C)c1Cl. The van der Waals surface area contributed by atoms with E-state index in [1.54, 1.807) is 0 Å². The van der Waals surface area contributed by atoms with Crippen LogP contribution in [0.25, 0.3) is 22.0 Å². The van der Waals surface area contributed by atoms with Crippen molar-refractivity contribution in [3.63, 3.8) is 0 Å². The van der Waals surface area contributed by atoms with E-state index in [1.165, 1.54) is 0 Å². The summed E-state index contributed by atoms with van der Waals surface area (Å²) >= 11 is 13.2. The number of aliphatic hydroxyl groups is 1. The van der Waals surface area contributed by atoms with Crippen LogP contribution in [0.1, 0.15) is 63.8 Å². The Kier molecular flexibility index (Phi) is 7.60. The minimum atomic E-state index is -0.237. The van der Waals surface area contributed by atoms with E-state index in [9.17, 15) is 9.90 Å². The number of carbonyl (C=O) groups is 1. The average molecular weight is 568 g/mol. The summed E-state index contributed by atoms with van der Waals surface area (Å²) in [4.78, 5) is 22.3. The molecule has 0 aliphatic carbocycles. The second-order valence-corrected chi connectivity index (χ2v) is 11.0. The minimum absolute atomic E-state index is 0.0284. The number of hydrogen-bond donors (Lipinski definition) is 2. The highest BCUT2D eigenvalue weighted by molar-refractivity contribution is 6.35. The van der Waals surface area contributed by atoms with Gasteiger partial charge in [-0.05, 0) is 82.3 Å². The maximum Gasteiger partial charge on any atom is 0.268 e. The van der Waals surface area contributed by atoms with E-state index < -0.39 is 0 Å². The molecule has 9 heteroatoms. The molecule has 39 heavy (non-hydrogen) atoms. The quantitative estimate of drug-likeness (QED) is 0.251. The Bertz CT molecular complexity index is 1570. The fraction of sp³-hybridized carbons (Fsp3) is 0.367. The lowest BCUT2D eigenvalue weighted by Crippen LogP contribution is -2.38. The summed E-state index contributed by atoms with van der Waals surface area (Å²) in [5, 5.41) is 14.9. The molecule has 0 spiro atoms. The Hall–Kier alpha value is -3.13. The summed E-state index contributed by atoms with van der Waals surface area (Å²) in [5.74, 6) is 1.07. The van der Waals surface area contributed by atoms with Crippen LogP contribution in [-0.2, 0) is 13.0 Å². The van der Waals surface area contributed by atoms with Crippen molar-refractivity contribution >= 4 is 40.0 Å². The van der Waals surface area contributed by atoms with E-state index in [0.717, 1.165) is 67.3 Å². The third kappa shape index (κ3) is 4.88. The molecular weight excluding hydrogens is 535 g/mol. The molecule has 1 aliphatic rings. The predicted octanol–water partition coefficient (Wildman–Crippen LogP) is 6.45. The van der Waals surface area contributed by atoms with E-state index in [0.29, 0.717) is 36.1 Å². The standard InChI is InChI=1S/C30H32Cl2N4O3/c1-15-11-20(12-16(2)27(15)32)39-10-6-7-21-22-8-9-23(31)26(25-18(4)34-24(14-37)35-19(25)5)28(22)36-17(3)13-33-30(38)29(21)36/h8-9,11-12,17,37H,6-7,10,13-14H2,1-5H3,(H,33,38). The van der Waals surface area contributed by atoms with E-state index in [1.807, 2.05) is 52.0 Å². The number of aliphatic hydroxyl groups excluding tert-OH is 1. The van der Waals surface area contributed by atoms with E-state index >= 15 is 0 Å². The number of carbonyl (C=O) groups excluding carboxylic acids is 1. The molecule has 7 nitrogen and oxygen atoms in total. The van der Waals surface area contributed by atoms with Gasteiger partial charge in [0.1, 0.15) is 18.1 Å². The largest absolute Gasteiger partial charge is 0.494 e. The number of aryl methyl sites for hydroxylation is 5. The number of ether oxygens (including phenoxy) is 1. The molecule has 5 rings (SSSR count). The lowest BCUT2D eigenvalue weighted by Gasteiger charge is -2.26. The molecule has 1 aliphatic heterocycles. The van der Waals surface area contributed by atoms with Gasteiger partial charge in [-0.3, -0.25) is 4.79 Å². The third-order valence-electron chi connectivity index (χ3n) is 7.39. The van der Waals surface area contributed by atoms with Crippen LogP contribution in [0.5, 0.6) is 5.75 Å². The number of nitrogens with zero attached hydrogens (tertiary/aromatic N) is 3. The van der Waals surface area contributed by atoms with Crippen molar-refractivity contribution in [3.8, 4) is 16.9 Å². The molecule has 204 valence electrons. The van der Waals surface area contributed by atoms with Gasteiger partial charge in [-0.2, -0.15) is 0 Å². The number of benzene rings is 2. The first-order chi connectivity index (χ1) is 18.6. The molecule has 2 aromatic carbocycles. The molecule has 4 aromatic rings. The number of aromatic nitrogens is 3. The van der Waals surface area contributed by atoms with Gasteiger partial charge in [-0.1, -0.05) is 29.3 Å². The first-order valence-corrected chi connectivity index (χ1v) is 13.9. The van der Waals surface area contributed by atoms with Crippen molar-refractivity contribution in [1.82, 2.24) is 19.9 Å². The van der Waals surface area contributed by atoms with Crippen molar-refractivity contribution in [1.29, 1.82) is 0 Å². The second-order valence-electron chi connectivity index (χ2n) is 10.2. The molecule has 2 aromatic heterocycles. The fourth-order valence-corrected chi connectivity index (χ4v) is 6.04. The van der Waals surface area contributed by atoms with Crippen LogP contribution >= 0.6 is 23.2 Å². The second kappa shape index (κ2) is 10.8. The van der Waals surface area contributed by atoms with Gasteiger partial charge >= 0.3 is 0 Å².